The number of unbranched alkanes of at least 4 members (excludes halogenated alkanes) is 3. The minimum absolute atomic E-state index is 0.667. The lowest BCUT2D eigenvalue weighted by molar-refractivity contribution is 0.381. The molecule has 0 bridgehead atoms. The lowest BCUT2D eigenvalue weighted by atomic mass is 10.1. The summed E-state index contributed by atoms with van der Waals surface area (Å²) in [6.07, 6.45) is 5.69. The number of hydrogen-bond acceptors (Lipinski definition) is 2. The summed E-state index contributed by atoms with van der Waals surface area (Å²) in [5.74, 6) is 0.813. The predicted octanol–water partition coefficient (Wildman–Crippen LogP) is 5.43. The van der Waals surface area contributed by atoms with Crippen LogP contribution in [0.15, 0.2) is 28.8 Å². The number of halogens is 1. The second-order valence-corrected chi connectivity index (χ2v) is 5.32. The predicted molar refractivity (Wildman–Crippen MR) is 79.5 cm³/mol. The first-order chi connectivity index (χ1) is 9.22. The van der Waals surface area contributed by atoms with E-state index in [4.69, 9.17) is 16.1 Å². The fraction of sp³-hybridized carbons (Fsp3) is 0.438. The van der Waals surface area contributed by atoms with E-state index in [-0.39, 0.29) is 0 Å². The van der Waals surface area contributed by atoms with Gasteiger partial charge < -0.3 is 4.52 Å². The Bertz CT molecular complexity index is 516. The van der Waals surface area contributed by atoms with Crippen molar-refractivity contribution in [3.05, 3.63) is 40.6 Å². The molecule has 0 saturated heterocycles. The third-order valence-corrected chi connectivity index (χ3v) is 3.67. The molecule has 0 aliphatic rings. The van der Waals surface area contributed by atoms with Gasteiger partial charge in [0.25, 0.3) is 0 Å². The van der Waals surface area contributed by atoms with E-state index in [9.17, 15) is 0 Å². The zero-order chi connectivity index (χ0) is 13.7. The van der Waals surface area contributed by atoms with Crippen molar-refractivity contribution in [2.75, 3.05) is 0 Å². The van der Waals surface area contributed by atoms with Crippen molar-refractivity contribution in [3.63, 3.8) is 0 Å². The van der Waals surface area contributed by atoms with Gasteiger partial charge in [0.05, 0.1) is 0 Å². The SMILES string of the molecule is CCCCCCc1onc(-c2ccc(C)cc2)c1Cl. The van der Waals surface area contributed by atoms with Crippen LogP contribution < -0.4 is 0 Å². The molecule has 102 valence electrons. The second kappa shape index (κ2) is 6.76. The molecule has 3 heteroatoms. The van der Waals surface area contributed by atoms with E-state index in [1.165, 1.54) is 24.8 Å². The molecular formula is C16H20ClNO. The second-order valence-electron chi connectivity index (χ2n) is 4.95. The number of rotatable bonds is 6. The van der Waals surface area contributed by atoms with Gasteiger partial charge in [0.2, 0.25) is 0 Å². The average Bonchev–Trinajstić information content (AvgIpc) is 2.77. The van der Waals surface area contributed by atoms with Crippen LogP contribution in [0.25, 0.3) is 11.3 Å². The number of aromatic nitrogens is 1. The molecule has 0 radical (unpaired) electrons. The number of benzene rings is 1. The molecule has 2 aromatic rings. The molecule has 2 rings (SSSR count). The highest BCUT2D eigenvalue weighted by atomic mass is 35.5. The third-order valence-electron chi connectivity index (χ3n) is 3.28. The summed E-state index contributed by atoms with van der Waals surface area (Å²) < 4.78 is 5.38. The minimum atomic E-state index is 0.667. The lowest BCUT2D eigenvalue weighted by Crippen LogP contribution is -1.84. The van der Waals surface area contributed by atoms with E-state index in [1.54, 1.807) is 0 Å². The topological polar surface area (TPSA) is 26.0 Å². The molecule has 1 aromatic carbocycles. The Morgan fingerprint density at radius 3 is 2.53 bits per heavy atom. The average molecular weight is 278 g/mol. The highest BCUT2D eigenvalue weighted by molar-refractivity contribution is 6.33. The van der Waals surface area contributed by atoms with E-state index in [2.05, 4.69) is 31.1 Å². The Balaban J connectivity index is 2.07. The summed E-state index contributed by atoms with van der Waals surface area (Å²) in [7, 11) is 0. The molecule has 0 aliphatic carbocycles. The van der Waals surface area contributed by atoms with Gasteiger partial charge in [-0.1, -0.05) is 72.8 Å². The Morgan fingerprint density at radius 2 is 1.84 bits per heavy atom. The quantitative estimate of drug-likeness (QED) is 0.658. The van der Waals surface area contributed by atoms with Gasteiger partial charge in [0.1, 0.15) is 10.7 Å². The van der Waals surface area contributed by atoms with E-state index in [0.717, 1.165) is 29.9 Å². The molecule has 1 heterocycles. The van der Waals surface area contributed by atoms with E-state index < -0.39 is 0 Å². The van der Waals surface area contributed by atoms with Crippen molar-refractivity contribution in [1.82, 2.24) is 5.16 Å². The van der Waals surface area contributed by atoms with E-state index >= 15 is 0 Å². The maximum Gasteiger partial charge on any atom is 0.155 e. The van der Waals surface area contributed by atoms with Crippen LogP contribution in [0.1, 0.15) is 43.9 Å². The molecule has 2 nitrogen and oxygen atoms in total. The summed E-state index contributed by atoms with van der Waals surface area (Å²) in [6.45, 7) is 4.27. The van der Waals surface area contributed by atoms with Crippen molar-refractivity contribution >= 4 is 11.6 Å². The summed E-state index contributed by atoms with van der Waals surface area (Å²) in [5.41, 5.74) is 2.99. The normalized spacial score (nSPS) is 10.9. The van der Waals surface area contributed by atoms with Crippen LogP contribution in [0.4, 0.5) is 0 Å². The third kappa shape index (κ3) is 3.60. The van der Waals surface area contributed by atoms with Crippen LogP contribution in [0.2, 0.25) is 5.02 Å². The maximum atomic E-state index is 6.36. The zero-order valence-corrected chi connectivity index (χ0v) is 12.3. The number of aryl methyl sites for hydroxylation is 2. The van der Waals surface area contributed by atoms with Crippen LogP contribution in [-0.4, -0.2) is 5.16 Å². The van der Waals surface area contributed by atoms with Gasteiger partial charge >= 0.3 is 0 Å². The smallest absolute Gasteiger partial charge is 0.155 e. The van der Waals surface area contributed by atoms with Gasteiger partial charge in [-0.15, -0.1) is 0 Å². The highest BCUT2D eigenvalue weighted by Gasteiger charge is 2.15. The summed E-state index contributed by atoms with van der Waals surface area (Å²) in [6, 6.07) is 8.17. The van der Waals surface area contributed by atoms with Crippen LogP contribution in [0, 0.1) is 6.92 Å². The Kier molecular flexibility index (Phi) is 5.03. The fourth-order valence-electron chi connectivity index (χ4n) is 2.07. The van der Waals surface area contributed by atoms with Crippen LogP contribution in [-0.2, 0) is 6.42 Å². The van der Waals surface area contributed by atoms with Gasteiger partial charge in [0.15, 0.2) is 5.76 Å². The molecule has 0 fully saturated rings. The molecule has 1 aromatic heterocycles. The molecule has 19 heavy (non-hydrogen) atoms. The van der Waals surface area contributed by atoms with Crippen molar-refractivity contribution < 1.29 is 4.52 Å². The van der Waals surface area contributed by atoms with Crippen molar-refractivity contribution in [2.45, 2.75) is 46.0 Å². The largest absolute Gasteiger partial charge is 0.359 e. The van der Waals surface area contributed by atoms with Gasteiger partial charge in [-0.25, -0.2) is 0 Å². The first-order valence-electron chi connectivity index (χ1n) is 6.93. The summed E-state index contributed by atoms with van der Waals surface area (Å²) in [4.78, 5) is 0. The molecule has 0 aliphatic heterocycles. The minimum Gasteiger partial charge on any atom is -0.359 e. The number of hydrogen-bond donors (Lipinski definition) is 0. The first kappa shape index (κ1) is 14.1. The Labute approximate surface area is 119 Å². The molecular weight excluding hydrogens is 258 g/mol. The molecule has 0 N–H and O–H groups in total. The number of nitrogens with zero attached hydrogens (tertiary/aromatic N) is 1. The van der Waals surface area contributed by atoms with E-state index in [0.29, 0.717) is 5.02 Å². The first-order valence-corrected chi connectivity index (χ1v) is 7.31. The molecule has 0 unspecified atom stereocenters. The fourth-order valence-corrected chi connectivity index (χ4v) is 2.34. The van der Waals surface area contributed by atoms with Crippen molar-refractivity contribution in [3.8, 4) is 11.3 Å². The van der Waals surface area contributed by atoms with Crippen LogP contribution in [0.5, 0.6) is 0 Å². The Morgan fingerprint density at radius 1 is 1.11 bits per heavy atom. The van der Waals surface area contributed by atoms with Gasteiger partial charge in [-0.2, -0.15) is 0 Å². The van der Waals surface area contributed by atoms with E-state index in [1.807, 2.05) is 12.1 Å². The van der Waals surface area contributed by atoms with Crippen molar-refractivity contribution in [2.24, 2.45) is 0 Å². The zero-order valence-electron chi connectivity index (χ0n) is 11.6. The van der Waals surface area contributed by atoms with Gasteiger partial charge in [-0.3, -0.25) is 0 Å². The maximum absolute atomic E-state index is 6.36. The van der Waals surface area contributed by atoms with Crippen molar-refractivity contribution in [1.29, 1.82) is 0 Å². The van der Waals surface area contributed by atoms with Crippen LogP contribution >= 0.6 is 11.6 Å². The lowest BCUT2D eigenvalue weighted by Gasteiger charge is -1.98. The standard InChI is InChI=1S/C16H20ClNO/c1-3-4-5-6-7-14-15(17)16(18-19-14)13-10-8-12(2)9-11-13/h8-11H,3-7H2,1-2H3. The summed E-state index contributed by atoms with van der Waals surface area (Å²) >= 11 is 6.36. The molecule has 0 saturated carbocycles. The van der Waals surface area contributed by atoms with Gasteiger partial charge in [0, 0.05) is 12.0 Å². The molecule has 0 spiro atoms. The molecule has 0 amide bonds. The molecule has 0 atom stereocenters. The summed E-state index contributed by atoms with van der Waals surface area (Å²) in [5, 5.41) is 4.77. The van der Waals surface area contributed by atoms with Gasteiger partial charge in [-0.05, 0) is 13.3 Å². The monoisotopic (exact) mass is 277 g/mol. The Hall–Kier alpha value is -1.28. The highest BCUT2D eigenvalue weighted by Crippen LogP contribution is 2.31. The van der Waals surface area contributed by atoms with Crippen LogP contribution in [0.3, 0.4) is 0 Å².